The highest BCUT2D eigenvalue weighted by molar-refractivity contribution is 7.99. The molecule has 0 aliphatic rings. The number of aliphatic hydroxyl groups is 1. The van der Waals surface area contributed by atoms with Crippen LogP contribution >= 0.6 is 11.8 Å². The fraction of sp³-hybridized carbons (Fsp3) is 0.200. The van der Waals surface area contributed by atoms with Gasteiger partial charge in [0, 0.05) is 4.90 Å². The summed E-state index contributed by atoms with van der Waals surface area (Å²) in [6.07, 6.45) is 1.23. The maximum atomic E-state index is 11.8. The van der Waals surface area contributed by atoms with E-state index in [2.05, 4.69) is 4.98 Å². The lowest BCUT2D eigenvalue weighted by molar-refractivity contribution is 0.0513. The summed E-state index contributed by atoms with van der Waals surface area (Å²) in [5, 5.41) is 9.57. The molecule has 140 valence electrons. The van der Waals surface area contributed by atoms with E-state index in [4.69, 9.17) is 13.9 Å². The van der Waals surface area contributed by atoms with Crippen LogP contribution in [0.3, 0.4) is 0 Å². The summed E-state index contributed by atoms with van der Waals surface area (Å²) >= 11 is 1.29. The number of aliphatic hydroxyl groups excluding tert-OH is 1. The predicted molar refractivity (Wildman–Crippen MR) is 99.7 cm³/mol. The number of hydrogen-bond donors (Lipinski definition) is 1. The van der Waals surface area contributed by atoms with Gasteiger partial charge in [0.25, 0.3) is 0 Å². The molecule has 27 heavy (non-hydrogen) atoms. The third-order valence-electron chi connectivity index (χ3n) is 3.62. The number of benzene rings is 2. The molecule has 6 nitrogen and oxygen atoms in total. The van der Waals surface area contributed by atoms with Crippen LogP contribution in [0.4, 0.5) is 0 Å². The van der Waals surface area contributed by atoms with Crippen LogP contribution in [-0.4, -0.2) is 22.7 Å². The molecule has 0 spiro atoms. The molecule has 1 N–H and O–H groups in total. The standard InChI is InChI=1S/C20H19NO5S/c1-2-24-19(23)18-20(26-13-21-18)27-17-8-6-16(7-9-17)25-12-15-5-3-4-14(10-15)11-22/h3-10,13,22H,2,11-12H2,1H3. The Morgan fingerprint density at radius 2 is 1.96 bits per heavy atom. The van der Waals surface area contributed by atoms with Crippen molar-refractivity contribution < 1.29 is 23.8 Å². The molecule has 0 bridgehead atoms. The zero-order chi connectivity index (χ0) is 19.1. The Balaban J connectivity index is 1.61. The average Bonchev–Trinajstić information content (AvgIpc) is 3.16. The molecule has 0 aliphatic carbocycles. The van der Waals surface area contributed by atoms with Crippen LogP contribution in [0, 0.1) is 0 Å². The number of ether oxygens (including phenoxy) is 2. The fourth-order valence-corrected chi connectivity index (χ4v) is 3.15. The van der Waals surface area contributed by atoms with Crippen LogP contribution < -0.4 is 4.74 Å². The van der Waals surface area contributed by atoms with Gasteiger partial charge in [-0.1, -0.05) is 24.3 Å². The SMILES string of the molecule is CCOC(=O)c1ncoc1Sc1ccc(OCc2cccc(CO)c2)cc1. The minimum absolute atomic E-state index is 0.00911. The molecule has 0 amide bonds. The molecule has 0 aliphatic heterocycles. The summed E-state index contributed by atoms with van der Waals surface area (Å²) in [6, 6.07) is 15.1. The van der Waals surface area contributed by atoms with Gasteiger partial charge in [-0.25, -0.2) is 9.78 Å². The number of carbonyl (C=O) groups excluding carboxylic acids is 1. The van der Waals surface area contributed by atoms with Crippen molar-refractivity contribution in [2.45, 2.75) is 30.1 Å². The maximum absolute atomic E-state index is 11.8. The molecule has 0 radical (unpaired) electrons. The first-order valence-corrected chi connectivity index (χ1v) is 9.21. The molecule has 7 heteroatoms. The van der Waals surface area contributed by atoms with E-state index in [1.54, 1.807) is 6.92 Å². The van der Waals surface area contributed by atoms with Crippen molar-refractivity contribution in [3.05, 3.63) is 71.7 Å². The number of oxazole rings is 1. The van der Waals surface area contributed by atoms with E-state index in [0.29, 0.717) is 11.7 Å². The Morgan fingerprint density at radius 1 is 1.19 bits per heavy atom. The Kier molecular flexibility index (Phi) is 6.51. The second-order valence-corrected chi connectivity index (χ2v) is 6.60. The van der Waals surface area contributed by atoms with Gasteiger partial charge in [0.2, 0.25) is 5.69 Å². The normalized spacial score (nSPS) is 10.6. The fourth-order valence-electron chi connectivity index (χ4n) is 2.34. The first-order valence-electron chi connectivity index (χ1n) is 8.39. The van der Waals surface area contributed by atoms with Gasteiger partial charge in [-0.15, -0.1) is 0 Å². The summed E-state index contributed by atoms with van der Waals surface area (Å²) < 4.78 is 16.0. The van der Waals surface area contributed by atoms with Crippen molar-refractivity contribution in [2.75, 3.05) is 6.61 Å². The van der Waals surface area contributed by atoms with Gasteiger partial charge in [-0.05, 0) is 54.1 Å². The topological polar surface area (TPSA) is 81.8 Å². The van der Waals surface area contributed by atoms with Crippen LogP contribution in [0.25, 0.3) is 0 Å². The molecule has 0 saturated heterocycles. The third kappa shape index (κ3) is 5.12. The van der Waals surface area contributed by atoms with Crippen LogP contribution in [0.2, 0.25) is 0 Å². The Hall–Kier alpha value is -2.77. The summed E-state index contributed by atoms with van der Waals surface area (Å²) in [4.78, 5) is 16.6. The van der Waals surface area contributed by atoms with E-state index in [1.165, 1.54) is 18.2 Å². The predicted octanol–water partition coefficient (Wildman–Crippen LogP) is 4.07. The highest BCUT2D eigenvalue weighted by atomic mass is 32.2. The summed E-state index contributed by atoms with van der Waals surface area (Å²) in [7, 11) is 0. The van der Waals surface area contributed by atoms with Crippen LogP contribution in [0.15, 0.2) is 69.3 Å². The molecule has 2 aromatic carbocycles. The molecule has 0 fully saturated rings. The smallest absolute Gasteiger partial charge is 0.361 e. The zero-order valence-electron chi connectivity index (χ0n) is 14.8. The van der Waals surface area contributed by atoms with Gasteiger partial charge < -0.3 is 19.0 Å². The van der Waals surface area contributed by atoms with E-state index in [1.807, 2.05) is 48.5 Å². The largest absolute Gasteiger partial charge is 0.489 e. The lowest BCUT2D eigenvalue weighted by Crippen LogP contribution is -2.05. The number of esters is 1. The molecule has 0 atom stereocenters. The van der Waals surface area contributed by atoms with Crippen molar-refractivity contribution in [1.29, 1.82) is 0 Å². The lowest BCUT2D eigenvalue weighted by Gasteiger charge is -2.08. The van der Waals surface area contributed by atoms with Crippen molar-refractivity contribution in [3.63, 3.8) is 0 Å². The van der Waals surface area contributed by atoms with Gasteiger partial charge in [0.05, 0.1) is 13.2 Å². The van der Waals surface area contributed by atoms with E-state index in [-0.39, 0.29) is 18.9 Å². The second kappa shape index (κ2) is 9.25. The molecule has 0 saturated carbocycles. The monoisotopic (exact) mass is 385 g/mol. The summed E-state index contributed by atoms with van der Waals surface area (Å²) in [5.74, 6) is 0.218. The van der Waals surface area contributed by atoms with Gasteiger partial charge in [-0.2, -0.15) is 0 Å². The van der Waals surface area contributed by atoms with Crippen molar-refractivity contribution >= 4 is 17.7 Å². The Bertz CT molecular complexity index is 891. The third-order valence-corrected chi connectivity index (χ3v) is 4.60. The first-order chi connectivity index (χ1) is 13.2. The van der Waals surface area contributed by atoms with Crippen molar-refractivity contribution in [1.82, 2.24) is 4.98 Å². The van der Waals surface area contributed by atoms with Gasteiger partial charge in [0.15, 0.2) is 11.5 Å². The Morgan fingerprint density at radius 3 is 2.70 bits per heavy atom. The molecule has 0 unspecified atom stereocenters. The minimum Gasteiger partial charge on any atom is -0.489 e. The highest BCUT2D eigenvalue weighted by Crippen LogP contribution is 2.31. The zero-order valence-corrected chi connectivity index (χ0v) is 15.6. The first kappa shape index (κ1) is 19.0. The quantitative estimate of drug-likeness (QED) is 0.585. The number of aromatic nitrogens is 1. The number of carbonyl (C=O) groups is 1. The van der Waals surface area contributed by atoms with E-state index < -0.39 is 5.97 Å². The van der Waals surface area contributed by atoms with Gasteiger partial charge >= 0.3 is 5.97 Å². The molecular formula is C20H19NO5S. The van der Waals surface area contributed by atoms with Crippen LogP contribution in [0.5, 0.6) is 5.75 Å². The van der Waals surface area contributed by atoms with E-state index in [0.717, 1.165) is 21.8 Å². The average molecular weight is 385 g/mol. The lowest BCUT2D eigenvalue weighted by atomic mass is 10.1. The molecule has 3 rings (SSSR count). The van der Waals surface area contributed by atoms with Crippen molar-refractivity contribution in [3.8, 4) is 5.75 Å². The molecule has 3 aromatic rings. The molecule has 1 heterocycles. The van der Waals surface area contributed by atoms with Crippen LogP contribution in [0.1, 0.15) is 28.5 Å². The van der Waals surface area contributed by atoms with E-state index in [9.17, 15) is 9.90 Å². The molecular weight excluding hydrogens is 366 g/mol. The van der Waals surface area contributed by atoms with Gasteiger partial charge in [-0.3, -0.25) is 0 Å². The highest BCUT2D eigenvalue weighted by Gasteiger charge is 2.18. The minimum atomic E-state index is -0.501. The van der Waals surface area contributed by atoms with Gasteiger partial charge in [0.1, 0.15) is 12.4 Å². The van der Waals surface area contributed by atoms with Crippen molar-refractivity contribution in [2.24, 2.45) is 0 Å². The van der Waals surface area contributed by atoms with E-state index >= 15 is 0 Å². The second-order valence-electron chi connectivity index (χ2n) is 5.55. The maximum Gasteiger partial charge on any atom is 0.361 e. The Labute approximate surface area is 161 Å². The number of rotatable bonds is 8. The number of nitrogens with zero attached hydrogens (tertiary/aromatic N) is 1. The number of hydrogen-bond acceptors (Lipinski definition) is 7. The summed E-state index contributed by atoms with van der Waals surface area (Å²) in [5.41, 5.74) is 2.01. The summed E-state index contributed by atoms with van der Waals surface area (Å²) in [6.45, 7) is 2.44. The van der Waals surface area contributed by atoms with Crippen LogP contribution in [-0.2, 0) is 18.0 Å². The molecule has 1 aromatic heterocycles.